The van der Waals surface area contributed by atoms with Crippen LogP contribution in [0.5, 0.6) is 0 Å². The summed E-state index contributed by atoms with van der Waals surface area (Å²) in [6.45, 7) is 0. The van der Waals surface area contributed by atoms with Gasteiger partial charge in [0.15, 0.2) is 0 Å². The first kappa shape index (κ1) is 11.3. The molecule has 1 heterocycles. The number of Topliss-reactive ketones (excluding diaryl/α,β-unsaturated/α-hetero) is 1. The van der Waals surface area contributed by atoms with Crippen LogP contribution >= 0.6 is 0 Å². The van der Waals surface area contributed by atoms with Crippen LogP contribution in [0.2, 0.25) is 0 Å². The number of methoxy groups -OCH3 is 1. The highest BCUT2D eigenvalue weighted by atomic mass is 16.5. The van der Waals surface area contributed by atoms with Crippen molar-refractivity contribution in [1.82, 2.24) is 4.98 Å². The largest absolute Gasteiger partial charge is 0.378 e. The summed E-state index contributed by atoms with van der Waals surface area (Å²) in [7, 11) is 1.70. The number of ether oxygens (including phenoxy) is 1. The lowest BCUT2D eigenvalue weighted by Crippen LogP contribution is -2.41. The van der Waals surface area contributed by atoms with Crippen molar-refractivity contribution in [3.8, 4) is 0 Å². The molecule has 2 rings (SSSR count). The predicted molar refractivity (Wildman–Crippen MR) is 61.2 cm³/mol. The van der Waals surface area contributed by atoms with E-state index in [1.54, 1.807) is 13.3 Å². The first-order valence-corrected chi connectivity index (χ1v) is 5.71. The minimum Gasteiger partial charge on any atom is -0.378 e. The maximum Gasteiger partial charge on any atom is 0.141 e. The van der Waals surface area contributed by atoms with Gasteiger partial charge in [-0.3, -0.25) is 9.78 Å². The first-order chi connectivity index (χ1) is 7.74. The fourth-order valence-electron chi connectivity index (χ4n) is 2.15. The maximum absolute atomic E-state index is 11.9. The summed E-state index contributed by atoms with van der Waals surface area (Å²) in [6.07, 6.45) is 5.86. The van der Waals surface area contributed by atoms with Crippen LogP contribution in [0.1, 0.15) is 31.4 Å². The van der Waals surface area contributed by atoms with Gasteiger partial charge in [0.1, 0.15) is 5.78 Å². The quantitative estimate of drug-likeness (QED) is 0.761. The molecule has 1 fully saturated rings. The van der Waals surface area contributed by atoms with Crippen LogP contribution in [-0.2, 0) is 16.0 Å². The zero-order valence-corrected chi connectivity index (χ0v) is 9.61. The van der Waals surface area contributed by atoms with Crippen molar-refractivity contribution >= 4 is 5.78 Å². The Morgan fingerprint density at radius 2 is 2.31 bits per heavy atom. The topological polar surface area (TPSA) is 39.2 Å². The molecule has 1 aromatic heterocycles. The van der Waals surface area contributed by atoms with Crippen LogP contribution in [0.25, 0.3) is 0 Å². The highest BCUT2D eigenvalue weighted by molar-refractivity contribution is 5.81. The fraction of sp³-hybridized carbons (Fsp3) is 0.538. The molecule has 3 heteroatoms. The Labute approximate surface area is 95.8 Å². The van der Waals surface area contributed by atoms with Crippen LogP contribution in [0.3, 0.4) is 0 Å². The van der Waals surface area contributed by atoms with Crippen molar-refractivity contribution in [2.24, 2.45) is 0 Å². The van der Waals surface area contributed by atoms with Gasteiger partial charge in [-0.05, 0) is 31.4 Å². The normalized spacial score (nSPS) is 17.8. The van der Waals surface area contributed by atoms with Gasteiger partial charge in [0.05, 0.1) is 5.60 Å². The number of nitrogens with zero attached hydrogens (tertiary/aromatic N) is 1. The number of carbonyl (C=O) groups is 1. The minimum atomic E-state index is -0.161. The van der Waals surface area contributed by atoms with Crippen molar-refractivity contribution in [2.45, 2.75) is 37.7 Å². The number of hydrogen-bond donors (Lipinski definition) is 0. The number of pyridine rings is 1. The van der Waals surface area contributed by atoms with Gasteiger partial charge in [-0.1, -0.05) is 6.07 Å². The zero-order valence-electron chi connectivity index (χ0n) is 9.61. The fourth-order valence-corrected chi connectivity index (χ4v) is 2.15. The number of aromatic nitrogens is 1. The van der Waals surface area contributed by atoms with Gasteiger partial charge in [0.2, 0.25) is 0 Å². The minimum absolute atomic E-state index is 0.161. The lowest BCUT2D eigenvalue weighted by Gasteiger charge is -2.40. The van der Waals surface area contributed by atoms with Gasteiger partial charge < -0.3 is 4.74 Å². The van der Waals surface area contributed by atoms with Crippen LogP contribution < -0.4 is 0 Å². The molecule has 0 N–H and O–H groups in total. The molecular weight excluding hydrogens is 202 g/mol. The molecule has 1 aliphatic rings. The highest BCUT2D eigenvalue weighted by Crippen LogP contribution is 2.38. The third kappa shape index (κ3) is 2.47. The Morgan fingerprint density at radius 1 is 1.50 bits per heavy atom. The van der Waals surface area contributed by atoms with Crippen LogP contribution in [0.4, 0.5) is 0 Å². The molecule has 0 unspecified atom stereocenters. The predicted octanol–water partition coefficient (Wildman–Crippen LogP) is 2.15. The Kier molecular flexibility index (Phi) is 3.34. The molecule has 3 nitrogen and oxygen atoms in total. The van der Waals surface area contributed by atoms with Gasteiger partial charge in [0, 0.05) is 31.8 Å². The van der Waals surface area contributed by atoms with E-state index in [2.05, 4.69) is 4.98 Å². The van der Waals surface area contributed by atoms with Gasteiger partial charge in [-0.2, -0.15) is 0 Å². The van der Waals surface area contributed by atoms with E-state index in [4.69, 9.17) is 4.74 Å². The number of carbonyl (C=O) groups excluding carboxylic acids is 1. The van der Waals surface area contributed by atoms with Crippen molar-refractivity contribution in [2.75, 3.05) is 7.11 Å². The van der Waals surface area contributed by atoms with Crippen LogP contribution in [0, 0.1) is 0 Å². The standard InChI is InChI=1S/C13H17NO2/c1-16-13(6-4-7-13)10-12(15)9-11-5-2-3-8-14-11/h2-3,5,8H,4,6-7,9-10H2,1H3. The van der Waals surface area contributed by atoms with Crippen molar-refractivity contribution in [3.63, 3.8) is 0 Å². The third-order valence-electron chi connectivity index (χ3n) is 3.32. The zero-order chi connectivity index (χ0) is 11.4. The molecule has 0 atom stereocenters. The van der Waals surface area contributed by atoms with E-state index in [0.29, 0.717) is 12.8 Å². The second-order valence-electron chi connectivity index (χ2n) is 4.45. The van der Waals surface area contributed by atoms with Crippen LogP contribution in [-0.4, -0.2) is 23.5 Å². The molecule has 86 valence electrons. The lowest BCUT2D eigenvalue weighted by molar-refractivity contribution is -0.131. The van der Waals surface area contributed by atoms with Crippen molar-refractivity contribution in [1.29, 1.82) is 0 Å². The average Bonchev–Trinajstić information content (AvgIpc) is 2.25. The molecule has 0 radical (unpaired) electrons. The molecule has 16 heavy (non-hydrogen) atoms. The van der Waals surface area contributed by atoms with E-state index in [0.717, 1.165) is 18.5 Å². The number of ketones is 1. The van der Waals surface area contributed by atoms with E-state index < -0.39 is 0 Å². The SMILES string of the molecule is COC1(CC(=O)Cc2ccccn2)CCC1. The van der Waals surface area contributed by atoms with Gasteiger partial charge in [0.25, 0.3) is 0 Å². The number of rotatable bonds is 5. The molecule has 0 amide bonds. The summed E-state index contributed by atoms with van der Waals surface area (Å²) in [4.78, 5) is 16.0. The second-order valence-corrected chi connectivity index (χ2v) is 4.45. The van der Waals surface area contributed by atoms with Crippen molar-refractivity contribution in [3.05, 3.63) is 30.1 Å². The van der Waals surface area contributed by atoms with Crippen molar-refractivity contribution < 1.29 is 9.53 Å². The smallest absolute Gasteiger partial charge is 0.141 e. The molecule has 1 aromatic rings. The molecular formula is C13H17NO2. The molecule has 0 bridgehead atoms. The van der Waals surface area contributed by atoms with E-state index in [1.165, 1.54) is 6.42 Å². The molecule has 0 saturated heterocycles. The maximum atomic E-state index is 11.9. The first-order valence-electron chi connectivity index (χ1n) is 5.71. The lowest BCUT2D eigenvalue weighted by atomic mass is 9.76. The molecule has 0 aliphatic heterocycles. The van der Waals surface area contributed by atoms with E-state index in [9.17, 15) is 4.79 Å². The van der Waals surface area contributed by atoms with Gasteiger partial charge >= 0.3 is 0 Å². The number of hydrogen-bond acceptors (Lipinski definition) is 3. The Morgan fingerprint density at radius 3 is 2.81 bits per heavy atom. The van der Waals surface area contributed by atoms with E-state index in [1.807, 2.05) is 18.2 Å². The molecule has 1 saturated carbocycles. The Hall–Kier alpha value is -1.22. The van der Waals surface area contributed by atoms with Gasteiger partial charge in [-0.15, -0.1) is 0 Å². The molecule has 1 aliphatic carbocycles. The van der Waals surface area contributed by atoms with Gasteiger partial charge in [-0.25, -0.2) is 0 Å². The summed E-state index contributed by atoms with van der Waals surface area (Å²) in [5.74, 6) is 0.222. The van der Waals surface area contributed by atoms with Crippen LogP contribution in [0.15, 0.2) is 24.4 Å². The Balaban J connectivity index is 1.89. The highest BCUT2D eigenvalue weighted by Gasteiger charge is 2.38. The summed E-state index contributed by atoms with van der Waals surface area (Å²) < 4.78 is 5.44. The summed E-state index contributed by atoms with van der Waals surface area (Å²) >= 11 is 0. The van der Waals surface area contributed by atoms with E-state index in [-0.39, 0.29) is 11.4 Å². The second kappa shape index (κ2) is 4.74. The summed E-state index contributed by atoms with van der Waals surface area (Å²) in [6, 6.07) is 5.65. The summed E-state index contributed by atoms with van der Waals surface area (Å²) in [5.41, 5.74) is 0.685. The van der Waals surface area contributed by atoms with E-state index >= 15 is 0 Å². The monoisotopic (exact) mass is 219 g/mol. The summed E-state index contributed by atoms with van der Waals surface area (Å²) in [5, 5.41) is 0. The molecule has 0 aromatic carbocycles. The molecule has 0 spiro atoms. The average molecular weight is 219 g/mol. The third-order valence-corrected chi connectivity index (χ3v) is 3.32. The Bertz CT molecular complexity index is 352.